The number of urea groups is 1. The number of imide groups is 1. The Bertz CT molecular complexity index is 617. The maximum atomic E-state index is 12.2. The van der Waals surface area contributed by atoms with Crippen molar-refractivity contribution in [2.75, 3.05) is 19.8 Å². The van der Waals surface area contributed by atoms with Gasteiger partial charge in [-0.25, -0.2) is 9.59 Å². The van der Waals surface area contributed by atoms with Gasteiger partial charge in [0.05, 0.1) is 18.8 Å². The predicted octanol–water partition coefficient (Wildman–Crippen LogP) is 1.87. The van der Waals surface area contributed by atoms with E-state index in [1.165, 1.54) is 19.1 Å². The van der Waals surface area contributed by atoms with Crippen LogP contribution in [0.15, 0.2) is 18.2 Å². The molecule has 0 aliphatic rings. The van der Waals surface area contributed by atoms with Gasteiger partial charge < -0.3 is 19.5 Å². The highest BCUT2D eigenvalue weighted by molar-refractivity contribution is 5.98. The lowest BCUT2D eigenvalue weighted by molar-refractivity contribution is -0.127. The van der Waals surface area contributed by atoms with Crippen LogP contribution in [-0.2, 0) is 9.53 Å². The van der Waals surface area contributed by atoms with E-state index in [0.29, 0.717) is 31.3 Å². The summed E-state index contributed by atoms with van der Waals surface area (Å²) < 4.78 is 16.0. The van der Waals surface area contributed by atoms with Crippen LogP contribution in [0.25, 0.3) is 0 Å². The van der Waals surface area contributed by atoms with Gasteiger partial charge in [-0.15, -0.1) is 0 Å². The van der Waals surface area contributed by atoms with E-state index >= 15 is 0 Å². The topological polar surface area (TPSA) is 103 Å². The zero-order chi connectivity index (χ0) is 18.8. The first kappa shape index (κ1) is 20.3. The van der Waals surface area contributed by atoms with Gasteiger partial charge in [0.15, 0.2) is 17.6 Å². The molecule has 1 rings (SSSR count). The fraction of sp³-hybridized carbons (Fsp3) is 0.471. The molecule has 0 heterocycles. The highest BCUT2D eigenvalue weighted by Crippen LogP contribution is 2.28. The highest BCUT2D eigenvalue weighted by Gasteiger charge is 2.21. The van der Waals surface area contributed by atoms with Gasteiger partial charge in [0.25, 0.3) is 5.91 Å². The molecule has 0 unspecified atom stereocenters. The summed E-state index contributed by atoms with van der Waals surface area (Å²) in [5.41, 5.74) is 0.213. The molecule has 1 aromatic carbocycles. The monoisotopic (exact) mass is 352 g/mol. The number of hydrogen-bond acceptors (Lipinski definition) is 6. The van der Waals surface area contributed by atoms with E-state index in [0.717, 1.165) is 0 Å². The number of rotatable bonds is 8. The van der Waals surface area contributed by atoms with Crippen molar-refractivity contribution in [3.05, 3.63) is 23.8 Å². The number of carbonyl (C=O) groups is 3. The molecular weight excluding hydrogens is 328 g/mol. The van der Waals surface area contributed by atoms with Crippen molar-refractivity contribution in [2.45, 2.75) is 33.8 Å². The minimum atomic E-state index is -1.13. The molecule has 138 valence electrons. The molecule has 0 saturated carbocycles. The van der Waals surface area contributed by atoms with Crippen molar-refractivity contribution in [3.63, 3.8) is 0 Å². The Labute approximate surface area is 146 Å². The van der Waals surface area contributed by atoms with Crippen LogP contribution in [0.4, 0.5) is 4.79 Å². The number of carbonyl (C=O) groups excluding carboxylic acids is 3. The third-order valence-corrected chi connectivity index (χ3v) is 3.01. The predicted molar refractivity (Wildman–Crippen MR) is 90.9 cm³/mol. The molecule has 1 aromatic rings. The first-order chi connectivity index (χ1) is 11.9. The SMILES string of the molecule is CCNC(=O)NC(=O)[C@H](C)OC(=O)c1ccc(OCC)c(OCC)c1. The summed E-state index contributed by atoms with van der Waals surface area (Å²) in [6, 6.07) is 3.97. The number of nitrogens with one attached hydrogen (secondary N) is 2. The van der Waals surface area contributed by atoms with Crippen LogP contribution in [0.2, 0.25) is 0 Å². The first-order valence-corrected chi connectivity index (χ1v) is 8.12. The second-order valence-electron chi connectivity index (χ2n) is 4.92. The fourth-order valence-electron chi connectivity index (χ4n) is 1.88. The largest absolute Gasteiger partial charge is 0.490 e. The van der Waals surface area contributed by atoms with Crippen molar-refractivity contribution >= 4 is 17.9 Å². The van der Waals surface area contributed by atoms with Crippen LogP contribution in [0.3, 0.4) is 0 Å². The summed E-state index contributed by atoms with van der Waals surface area (Å²) in [5, 5.41) is 4.50. The van der Waals surface area contributed by atoms with Crippen LogP contribution in [-0.4, -0.2) is 43.8 Å². The average molecular weight is 352 g/mol. The summed E-state index contributed by atoms with van der Waals surface area (Å²) in [4.78, 5) is 35.3. The van der Waals surface area contributed by atoms with Crippen molar-refractivity contribution in [1.29, 1.82) is 0 Å². The quantitative estimate of drug-likeness (QED) is 0.693. The molecule has 0 aliphatic heterocycles. The normalized spacial score (nSPS) is 11.2. The van der Waals surface area contributed by atoms with Crippen LogP contribution in [0.5, 0.6) is 11.5 Å². The molecule has 0 saturated heterocycles. The summed E-state index contributed by atoms with van der Waals surface area (Å²) in [5.74, 6) is -0.487. The molecule has 0 radical (unpaired) electrons. The Morgan fingerprint density at radius 1 is 1.04 bits per heavy atom. The number of ether oxygens (including phenoxy) is 3. The molecule has 0 spiro atoms. The van der Waals surface area contributed by atoms with Gasteiger partial charge in [0, 0.05) is 6.54 Å². The second-order valence-corrected chi connectivity index (χ2v) is 4.92. The average Bonchev–Trinajstić information content (AvgIpc) is 2.56. The van der Waals surface area contributed by atoms with Gasteiger partial charge in [0.2, 0.25) is 0 Å². The lowest BCUT2D eigenvalue weighted by atomic mass is 10.2. The molecule has 1 atom stereocenters. The summed E-state index contributed by atoms with van der Waals surface area (Å²) in [6.45, 7) is 7.99. The number of esters is 1. The van der Waals surface area contributed by atoms with E-state index in [1.807, 2.05) is 13.8 Å². The van der Waals surface area contributed by atoms with Crippen LogP contribution in [0.1, 0.15) is 38.1 Å². The Morgan fingerprint density at radius 3 is 2.28 bits per heavy atom. The lowest BCUT2D eigenvalue weighted by Crippen LogP contribution is -2.44. The Balaban J connectivity index is 2.77. The van der Waals surface area contributed by atoms with E-state index < -0.39 is 24.0 Å². The van der Waals surface area contributed by atoms with Gasteiger partial charge >= 0.3 is 12.0 Å². The number of benzene rings is 1. The van der Waals surface area contributed by atoms with Gasteiger partial charge in [-0.1, -0.05) is 0 Å². The van der Waals surface area contributed by atoms with Crippen molar-refractivity contribution in [3.8, 4) is 11.5 Å². The molecule has 8 nitrogen and oxygen atoms in total. The molecular formula is C17H24N2O6. The maximum Gasteiger partial charge on any atom is 0.339 e. The van der Waals surface area contributed by atoms with Gasteiger partial charge in [0.1, 0.15) is 0 Å². The Kier molecular flexibility index (Phi) is 8.25. The molecule has 8 heteroatoms. The highest BCUT2D eigenvalue weighted by atomic mass is 16.5. The summed E-state index contributed by atoms with van der Waals surface area (Å²) in [7, 11) is 0. The van der Waals surface area contributed by atoms with Crippen LogP contribution in [0, 0.1) is 0 Å². The molecule has 25 heavy (non-hydrogen) atoms. The van der Waals surface area contributed by atoms with E-state index in [2.05, 4.69) is 10.6 Å². The van der Waals surface area contributed by atoms with Gasteiger partial charge in [-0.05, 0) is 45.9 Å². The zero-order valence-electron chi connectivity index (χ0n) is 14.9. The van der Waals surface area contributed by atoms with Gasteiger partial charge in [-0.2, -0.15) is 0 Å². The third-order valence-electron chi connectivity index (χ3n) is 3.01. The molecule has 0 aliphatic carbocycles. The first-order valence-electron chi connectivity index (χ1n) is 8.12. The van der Waals surface area contributed by atoms with Crippen molar-refractivity contribution in [2.24, 2.45) is 0 Å². The lowest BCUT2D eigenvalue weighted by Gasteiger charge is -2.15. The molecule has 3 amide bonds. The standard InChI is InChI=1S/C17H24N2O6/c1-5-18-17(22)19-15(20)11(4)25-16(21)12-8-9-13(23-6-2)14(10-12)24-7-3/h8-11H,5-7H2,1-4H3,(H2,18,19,20,22)/t11-/m0/s1. The molecule has 0 bridgehead atoms. The maximum absolute atomic E-state index is 12.2. The smallest absolute Gasteiger partial charge is 0.339 e. The minimum Gasteiger partial charge on any atom is -0.490 e. The molecule has 2 N–H and O–H groups in total. The summed E-state index contributed by atoms with van der Waals surface area (Å²) in [6.07, 6.45) is -1.13. The Morgan fingerprint density at radius 2 is 1.68 bits per heavy atom. The van der Waals surface area contributed by atoms with E-state index in [4.69, 9.17) is 14.2 Å². The van der Waals surface area contributed by atoms with Crippen molar-refractivity contribution in [1.82, 2.24) is 10.6 Å². The third kappa shape index (κ3) is 6.33. The number of amides is 3. The zero-order valence-corrected chi connectivity index (χ0v) is 14.9. The van der Waals surface area contributed by atoms with E-state index in [1.54, 1.807) is 13.0 Å². The van der Waals surface area contributed by atoms with Crippen LogP contribution >= 0.6 is 0 Å². The molecule has 0 fully saturated rings. The molecule has 0 aromatic heterocycles. The van der Waals surface area contributed by atoms with Crippen molar-refractivity contribution < 1.29 is 28.6 Å². The van der Waals surface area contributed by atoms with E-state index in [-0.39, 0.29) is 5.56 Å². The fourth-order valence-corrected chi connectivity index (χ4v) is 1.88. The Hall–Kier alpha value is -2.77. The second kappa shape index (κ2) is 10.2. The summed E-state index contributed by atoms with van der Waals surface area (Å²) >= 11 is 0. The minimum absolute atomic E-state index is 0.213. The van der Waals surface area contributed by atoms with Gasteiger partial charge in [-0.3, -0.25) is 10.1 Å². The van der Waals surface area contributed by atoms with Crippen LogP contribution < -0.4 is 20.1 Å². The van der Waals surface area contributed by atoms with E-state index in [9.17, 15) is 14.4 Å². The number of hydrogen-bond donors (Lipinski definition) is 2.